The van der Waals surface area contributed by atoms with Crippen LogP contribution in [-0.4, -0.2) is 36.7 Å². The Hall–Kier alpha value is -1.43. The van der Waals surface area contributed by atoms with Crippen LogP contribution >= 0.6 is 0 Å². The fourth-order valence-electron chi connectivity index (χ4n) is 2.27. The zero-order valence-corrected chi connectivity index (χ0v) is 14.1. The summed E-state index contributed by atoms with van der Waals surface area (Å²) in [7, 11) is 0. The molecule has 1 aromatic rings. The maximum absolute atomic E-state index is 10.6. The van der Waals surface area contributed by atoms with Gasteiger partial charge >= 0.3 is 5.97 Å². The van der Waals surface area contributed by atoms with Crippen LogP contribution in [0.4, 0.5) is 0 Å². The van der Waals surface area contributed by atoms with Crippen molar-refractivity contribution in [2.75, 3.05) is 13.2 Å². The molecule has 130 valence electrons. The number of rotatable bonds is 13. The molecule has 0 saturated carbocycles. The monoisotopic (exact) mass is 324 g/mol. The predicted molar refractivity (Wildman–Crippen MR) is 88.2 cm³/mol. The predicted octanol–water partition coefficient (Wildman–Crippen LogP) is 3.62. The lowest BCUT2D eigenvalue weighted by Gasteiger charge is -2.22. The quantitative estimate of drug-likeness (QED) is 0.443. The van der Waals surface area contributed by atoms with Gasteiger partial charge in [0, 0.05) is 13.0 Å². The molecule has 0 aromatic heterocycles. The van der Waals surface area contributed by atoms with Crippen molar-refractivity contribution in [3.05, 3.63) is 35.9 Å². The number of hydrogen-bond donors (Lipinski definition) is 1. The molecule has 1 N–H and O–H groups in total. The standard InChI is InChI=1S/C18H28O5/c1-3-22-15(2)23-17(11-7-8-12-18(19)20)14-21-13-16-9-5-4-6-10-16/h4-6,9-10,15,17H,3,7-8,11-14H2,1-2H3,(H,19,20)/t15-,17-/m0/s1. The first kappa shape index (κ1) is 19.6. The minimum atomic E-state index is -0.759. The molecular formula is C18H28O5. The Morgan fingerprint density at radius 2 is 1.96 bits per heavy atom. The fourth-order valence-corrected chi connectivity index (χ4v) is 2.27. The molecule has 5 nitrogen and oxygen atoms in total. The van der Waals surface area contributed by atoms with Crippen molar-refractivity contribution in [2.45, 2.75) is 58.5 Å². The Morgan fingerprint density at radius 3 is 2.61 bits per heavy atom. The van der Waals surface area contributed by atoms with Crippen molar-refractivity contribution in [3.8, 4) is 0 Å². The number of carbonyl (C=O) groups is 1. The van der Waals surface area contributed by atoms with Gasteiger partial charge in [-0.1, -0.05) is 36.8 Å². The lowest BCUT2D eigenvalue weighted by atomic mass is 10.1. The summed E-state index contributed by atoms with van der Waals surface area (Å²) >= 11 is 0. The fraction of sp³-hybridized carbons (Fsp3) is 0.611. The molecule has 0 amide bonds. The summed E-state index contributed by atoms with van der Waals surface area (Å²) in [4.78, 5) is 10.6. The van der Waals surface area contributed by atoms with E-state index in [4.69, 9.17) is 19.3 Å². The van der Waals surface area contributed by atoms with E-state index >= 15 is 0 Å². The summed E-state index contributed by atoms with van der Waals surface area (Å²) in [6.07, 6.45) is 2.03. The molecule has 0 aliphatic rings. The second-order valence-corrected chi connectivity index (χ2v) is 5.42. The first-order valence-electron chi connectivity index (χ1n) is 8.22. The van der Waals surface area contributed by atoms with Crippen LogP contribution in [-0.2, 0) is 25.6 Å². The zero-order chi connectivity index (χ0) is 16.9. The molecule has 0 aliphatic carbocycles. The van der Waals surface area contributed by atoms with Gasteiger partial charge in [-0.3, -0.25) is 4.79 Å². The molecular weight excluding hydrogens is 296 g/mol. The molecule has 5 heteroatoms. The molecule has 0 radical (unpaired) electrons. The van der Waals surface area contributed by atoms with Crippen LogP contribution < -0.4 is 0 Å². The van der Waals surface area contributed by atoms with Crippen molar-refractivity contribution >= 4 is 5.97 Å². The average Bonchev–Trinajstić information content (AvgIpc) is 2.52. The first-order chi connectivity index (χ1) is 11.1. The molecule has 0 bridgehead atoms. The van der Waals surface area contributed by atoms with Gasteiger partial charge in [0.05, 0.1) is 19.3 Å². The van der Waals surface area contributed by atoms with E-state index < -0.39 is 5.97 Å². The van der Waals surface area contributed by atoms with Crippen molar-refractivity contribution < 1.29 is 24.1 Å². The lowest BCUT2D eigenvalue weighted by Crippen LogP contribution is -2.26. The minimum Gasteiger partial charge on any atom is -0.481 e. The number of ether oxygens (including phenoxy) is 3. The van der Waals surface area contributed by atoms with Crippen molar-refractivity contribution in [1.29, 1.82) is 0 Å². The molecule has 1 rings (SSSR count). The van der Waals surface area contributed by atoms with Gasteiger partial charge in [0.1, 0.15) is 0 Å². The summed E-state index contributed by atoms with van der Waals surface area (Å²) in [6.45, 7) is 5.40. The highest BCUT2D eigenvalue weighted by Gasteiger charge is 2.14. The van der Waals surface area contributed by atoms with Crippen molar-refractivity contribution in [1.82, 2.24) is 0 Å². The van der Waals surface area contributed by atoms with Crippen LogP contribution in [0.3, 0.4) is 0 Å². The molecule has 0 heterocycles. The van der Waals surface area contributed by atoms with Crippen LogP contribution in [0.5, 0.6) is 0 Å². The van der Waals surface area contributed by atoms with Crippen LogP contribution in [0.15, 0.2) is 30.3 Å². The molecule has 0 spiro atoms. The van der Waals surface area contributed by atoms with Gasteiger partial charge < -0.3 is 19.3 Å². The van der Waals surface area contributed by atoms with Crippen molar-refractivity contribution in [3.63, 3.8) is 0 Å². The third kappa shape index (κ3) is 10.0. The third-order valence-electron chi connectivity index (χ3n) is 3.37. The molecule has 23 heavy (non-hydrogen) atoms. The summed E-state index contributed by atoms with van der Waals surface area (Å²) in [5.74, 6) is -0.759. The zero-order valence-electron chi connectivity index (χ0n) is 14.1. The maximum atomic E-state index is 10.6. The van der Waals surface area contributed by atoms with Gasteiger partial charge in [0.2, 0.25) is 0 Å². The maximum Gasteiger partial charge on any atom is 0.303 e. The average molecular weight is 324 g/mol. The van der Waals surface area contributed by atoms with Crippen LogP contribution in [0, 0.1) is 0 Å². The van der Waals surface area contributed by atoms with Gasteiger partial charge in [0.15, 0.2) is 6.29 Å². The Morgan fingerprint density at radius 1 is 1.22 bits per heavy atom. The van der Waals surface area contributed by atoms with Gasteiger partial charge in [0.25, 0.3) is 0 Å². The van der Waals surface area contributed by atoms with E-state index in [1.165, 1.54) is 0 Å². The summed E-state index contributed by atoms with van der Waals surface area (Å²) in [5, 5.41) is 8.69. The second-order valence-electron chi connectivity index (χ2n) is 5.42. The highest BCUT2D eigenvalue weighted by atomic mass is 16.7. The summed E-state index contributed by atoms with van der Waals surface area (Å²) in [6, 6.07) is 9.98. The lowest BCUT2D eigenvalue weighted by molar-refractivity contribution is -0.173. The second kappa shape index (κ2) is 12.0. The van der Waals surface area contributed by atoms with E-state index in [-0.39, 0.29) is 18.8 Å². The molecule has 0 fully saturated rings. The van der Waals surface area contributed by atoms with E-state index in [1.807, 2.05) is 44.2 Å². The van der Waals surface area contributed by atoms with Gasteiger partial charge in [-0.15, -0.1) is 0 Å². The van der Waals surface area contributed by atoms with Gasteiger partial charge in [-0.25, -0.2) is 0 Å². The van der Waals surface area contributed by atoms with E-state index in [0.29, 0.717) is 26.2 Å². The largest absolute Gasteiger partial charge is 0.481 e. The Labute approximate surface area is 138 Å². The number of carboxylic acids is 1. The number of hydrogen-bond acceptors (Lipinski definition) is 4. The molecule has 1 aromatic carbocycles. The topological polar surface area (TPSA) is 65.0 Å². The summed E-state index contributed by atoms with van der Waals surface area (Å²) < 4.78 is 17.0. The van der Waals surface area contributed by atoms with E-state index in [1.54, 1.807) is 0 Å². The van der Waals surface area contributed by atoms with Crippen LogP contribution in [0.1, 0.15) is 45.1 Å². The van der Waals surface area contributed by atoms with E-state index in [2.05, 4.69) is 0 Å². The molecule has 2 atom stereocenters. The normalized spacial score (nSPS) is 13.7. The van der Waals surface area contributed by atoms with Gasteiger partial charge in [-0.05, 0) is 32.3 Å². The minimum absolute atomic E-state index is 0.0888. The smallest absolute Gasteiger partial charge is 0.303 e. The Balaban J connectivity index is 2.34. The number of carboxylic acid groups (broad SMARTS) is 1. The van der Waals surface area contributed by atoms with E-state index in [9.17, 15) is 4.79 Å². The number of aliphatic carboxylic acids is 1. The Bertz CT molecular complexity index is 421. The molecule has 0 aliphatic heterocycles. The van der Waals surface area contributed by atoms with Gasteiger partial charge in [-0.2, -0.15) is 0 Å². The first-order valence-corrected chi connectivity index (χ1v) is 8.22. The highest BCUT2D eigenvalue weighted by molar-refractivity contribution is 5.66. The highest BCUT2D eigenvalue weighted by Crippen LogP contribution is 2.12. The Kier molecular flexibility index (Phi) is 10.3. The van der Waals surface area contributed by atoms with Crippen molar-refractivity contribution in [2.24, 2.45) is 0 Å². The van der Waals surface area contributed by atoms with E-state index in [0.717, 1.165) is 18.4 Å². The number of unbranched alkanes of at least 4 members (excludes halogenated alkanes) is 1. The third-order valence-corrected chi connectivity index (χ3v) is 3.37. The molecule has 0 unspecified atom stereocenters. The van der Waals surface area contributed by atoms with Crippen LogP contribution in [0.2, 0.25) is 0 Å². The summed E-state index contributed by atoms with van der Waals surface area (Å²) in [5.41, 5.74) is 1.12. The molecule has 0 saturated heterocycles. The SMILES string of the molecule is CCO[C@H](C)O[C@@H](CCCCC(=O)O)COCc1ccccc1. The number of benzene rings is 1. The van der Waals surface area contributed by atoms with Crippen LogP contribution in [0.25, 0.3) is 0 Å².